The predicted molar refractivity (Wildman–Crippen MR) is 65.8 cm³/mol. The molecule has 0 atom stereocenters. The van der Waals surface area contributed by atoms with Crippen LogP contribution < -0.4 is 4.74 Å². The average Bonchev–Trinajstić information content (AvgIpc) is 2.84. The van der Waals surface area contributed by atoms with Crippen molar-refractivity contribution in [2.24, 2.45) is 0 Å². The van der Waals surface area contributed by atoms with Gasteiger partial charge in [0.1, 0.15) is 23.7 Å². The molecular weight excluding hydrogens is 267 g/mol. The summed E-state index contributed by atoms with van der Waals surface area (Å²) in [4.78, 5) is 11.0. The van der Waals surface area contributed by atoms with Crippen molar-refractivity contribution in [2.45, 2.75) is 26.5 Å². The lowest BCUT2D eigenvalue weighted by Crippen LogP contribution is -2.11. The van der Waals surface area contributed by atoms with Crippen molar-refractivity contribution >= 4 is 5.97 Å². The second kappa shape index (κ2) is 6.09. The molecule has 0 aliphatic rings. The van der Waals surface area contributed by atoms with E-state index in [0.717, 1.165) is 12.5 Å². The van der Waals surface area contributed by atoms with Gasteiger partial charge < -0.3 is 9.84 Å². The Labute approximate surface area is 114 Å². The Morgan fingerprint density at radius 2 is 2.30 bits per heavy atom. The number of rotatable bonds is 6. The first-order valence-electron chi connectivity index (χ1n) is 6.03. The number of ether oxygens (including phenoxy) is 1. The number of tetrazole rings is 1. The molecule has 7 nitrogen and oxygen atoms in total. The van der Waals surface area contributed by atoms with Gasteiger partial charge in [-0.3, -0.25) is 0 Å². The Hall–Kier alpha value is -2.51. The first kappa shape index (κ1) is 13.9. The minimum Gasteiger partial charge on any atom is -0.485 e. The van der Waals surface area contributed by atoms with Crippen molar-refractivity contribution < 1.29 is 19.0 Å². The maximum Gasteiger partial charge on any atom is 0.342 e. The second-order valence-electron chi connectivity index (χ2n) is 4.03. The SMILES string of the molecule is CCCn1nnnc1COc1cccc(F)c1C(=O)O. The van der Waals surface area contributed by atoms with E-state index in [0.29, 0.717) is 12.4 Å². The molecule has 0 radical (unpaired) electrons. The van der Waals surface area contributed by atoms with Gasteiger partial charge in [-0.1, -0.05) is 13.0 Å². The molecule has 0 amide bonds. The highest BCUT2D eigenvalue weighted by Crippen LogP contribution is 2.22. The molecule has 106 valence electrons. The van der Waals surface area contributed by atoms with Crippen LogP contribution in [-0.2, 0) is 13.2 Å². The zero-order chi connectivity index (χ0) is 14.5. The maximum absolute atomic E-state index is 13.5. The van der Waals surface area contributed by atoms with Crippen LogP contribution in [0.1, 0.15) is 29.5 Å². The van der Waals surface area contributed by atoms with Gasteiger partial charge in [-0.15, -0.1) is 5.10 Å². The van der Waals surface area contributed by atoms with Gasteiger partial charge >= 0.3 is 5.97 Å². The Morgan fingerprint density at radius 3 is 3.00 bits per heavy atom. The van der Waals surface area contributed by atoms with Crippen LogP contribution in [0.15, 0.2) is 18.2 Å². The molecule has 0 unspecified atom stereocenters. The molecule has 1 aromatic heterocycles. The number of aryl methyl sites for hydroxylation is 1. The van der Waals surface area contributed by atoms with Gasteiger partial charge in [-0.2, -0.15) is 0 Å². The average molecular weight is 280 g/mol. The highest BCUT2D eigenvalue weighted by Gasteiger charge is 2.17. The number of carboxylic acid groups (broad SMARTS) is 1. The summed E-state index contributed by atoms with van der Waals surface area (Å²) < 4.78 is 20.3. The Balaban J connectivity index is 2.17. The number of aromatic carboxylic acids is 1. The van der Waals surface area contributed by atoms with Crippen molar-refractivity contribution in [3.05, 3.63) is 35.4 Å². The molecule has 0 fully saturated rings. The lowest BCUT2D eigenvalue weighted by molar-refractivity contribution is 0.0686. The van der Waals surface area contributed by atoms with Gasteiger partial charge in [0.05, 0.1) is 0 Å². The predicted octanol–water partition coefficient (Wildman–Crippen LogP) is 1.50. The molecule has 0 spiro atoms. The fourth-order valence-corrected chi connectivity index (χ4v) is 1.69. The van der Waals surface area contributed by atoms with Crippen LogP contribution >= 0.6 is 0 Å². The minimum atomic E-state index is -1.38. The van der Waals surface area contributed by atoms with Crippen LogP contribution in [0.3, 0.4) is 0 Å². The third kappa shape index (κ3) is 2.90. The number of carbonyl (C=O) groups is 1. The lowest BCUT2D eigenvalue weighted by Gasteiger charge is -2.09. The van der Waals surface area contributed by atoms with Crippen LogP contribution in [0.5, 0.6) is 5.75 Å². The molecular formula is C12H13FN4O3. The Bertz CT molecular complexity index is 614. The quantitative estimate of drug-likeness (QED) is 0.862. The molecule has 20 heavy (non-hydrogen) atoms. The van der Waals surface area contributed by atoms with E-state index in [1.165, 1.54) is 12.1 Å². The molecule has 0 saturated carbocycles. The summed E-state index contributed by atoms with van der Waals surface area (Å²) in [5.41, 5.74) is -0.498. The normalized spacial score (nSPS) is 10.5. The van der Waals surface area contributed by atoms with Crippen LogP contribution in [0.25, 0.3) is 0 Å². The number of halogens is 1. The zero-order valence-corrected chi connectivity index (χ0v) is 10.8. The summed E-state index contributed by atoms with van der Waals surface area (Å²) in [7, 11) is 0. The van der Waals surface area contributed by atoms with Gasteiger partial charge in [0, 0.05) is 6.54 Å². The Kier molecular flexibility index (Phi) is 4.24. The van der Waals surface area contributed by atoms with Gasteiger partial charge in [0.25, 0.3) is 0 Å². The van der Waals surface area contributed by atoms with Crippen molar-refractivity contribution in [1.82, 2.24) is 20.2 Å². The highest BCUT2D eigenvalue weighted by molar-refractivity contribution is 5.91. The molecule has 2 rings (SSSR count). The molecule has 1 N–H and O–H groups in total. The second-order valence-corrected chi connectivity index (χ2v) is 4.03. The largest absolute Gasteiger partial charge is 0.485 e. The van der Waals surface area contributed by atoms with E-state index in [2.05, 4.69) is 15.5 Å². The summed E-state index contributed by atoms with van der Waals surface area (Å²) in [6.07, 6.45) is 0.846. The Morgan fingerprint density at radius 1 is 1.50 bits per heavy atom. The summed E-state index contributed by atoms with van der Waals surface area (Å²) in [6, 6.07) is 3.84. The van der Waals surface area contributed by atoms with Gasteiger partial charge in [-0.05, 0) is 29.0 Å². The van der Waals surface area contributed by atoms with Crippen molar-refractivity contribution in [3.63, 3.8) is 0 Å². The van der Waals surface area contributed by atoms with Crippen molar-refractivity contribution in [2.75, 3.05) is 0 Å². The van der Waals surface area contributed by atoms with Crippen LogP contribution in [0.2, 0.25) is 0 Å². The summed E-state index contributed by atoms with van der Waals surface area (Å²) in [5.74, 6) is -1.83. The lowest BCUT2D eigenvalue weighted by atomic mass is 10.2. The van der Waals surface area contributed by atoms with E-state index in [4.69, 9.17) is 9.84 Å². The van der Waals surface area contributed by atoms with Crippen LogP contribution in [0, 0.1) is 5.82 Å². The number of hydrogen-bond donors (Lipinski definition) is 1. The smallest absolute Gasteiger partial charge is 0.342 e. The highest BCUT2D eigenvalue weighted by atomic mass is 19.1. The number of benzene rings is 1. The molecule has 1 aromatic carbocycles. The third-order valence-corrected chi connectivity index (χ3v) is 2.59. The molecule has 2 aromatic rings. The van der Waals surface area contributed by atoms with E-state index < -0.39 is 17.3 Å². The standard InChI is InChI=1S/C12H13FN4O3/c1-2-6-17-10(14-15-16-17)7-20-9-5-3-4-8(13)11(9)12(18)19/h3-5H,2,6-7H2,1H3,(H,18,19). The zero-order valence-electron chi connectivity index (χ0n) is 10.8. The topological polar surface area (TPSA) is 90.1 Å². The van der Waals surface area contributed by atoms with Crippen LogP contribution in [0.4, 0.5) is 4.39 Å². The maximum atomic E-state index is 13.5. The number of hydrogen-bond acceptors (Lipinski definition) is 5. The molecule has 1 heterocycles. The first-order valence-corrected chi connectivity index (χ1v) is 6.03. The van der Waals surface area contributed by atoms with Gasteiger partial charge in [0.15, 0.2) is 5.82 Å². The molecule has 0 aliphatic carbocycles. The van der Waals surface area contributed by atoms with E-state index in [1.54, 1.807) is 4.68 Å². The number of carboxylic acids is 1. The van der Waals surface area contributed by atoms with Gasteiger partial charge in [-0.25, -0.2) is 13.9 Å². The summed E-state index contributed by atoms with van der Waals surface area (Å²) in [5, 5.41) is 20.1. The summed E-state index contributed by atoms with van der Waals surface area (Å²) >= 11 is 0. The van der Waals surface area contributed by atoms with E-state index >= 15 is 0 Å². The number of aromatic nitrogens is 4. The van der Waals surface area contributed by atoms with Crippen molar-refractivity contribution in [1.29, 1.82) is 0 Å². The summed E-state index contributed by atoms with van der Waals surface area (Å²) in [6.45, 7) is 2.57. The van der Waals surface area contributed by atoms with Crippen molar-refractivity contribution in [3.8, 4) is 5.75 Å². The molecule has 8 heteroatoms. The van der Waals surface area contributed by atoms with E-state index in [-0.39, 0.29) is 12.4 Å². The number of nitrogens with zero attached hydrogens (tertiary/aromatic N) is 4. The fourth-order valence-electron chi connectivity index (χ4n) is 1.69. The molecule has 0 bridgehead atoms. The van der Waals surface area contributed by atoms with Crippen LogP contribution in [-0.4, -0.2) is 31.3 Å². The molecule has 0 aliphatic heterocycles. The minimum absolute atomic E-state index is 0.0310. The first-order chi connectivity index (χ1) is 9.63. The van der Waals surface area contributed by atoms with Gasteiger partial charge in [0.2, 0.25) is 0 Å². The monoisotopic (exact) mass is 280 g/mol. The third-order valence-electron chi connectivity index (χ3n) is 2.59. The fraction of sp³-hybridized carbons (Fsp3) is 0.333. The van der Waals surface area contributed by atoms with E-state index in [1.807, 2.05) is 6.92 Å². The van der Waals surface area contributed by atoms with E-state index in [9.17, 15) is 9.18 Å². The molecule has 0 saturated heterocycles.